The first kappa shape index (κ1) is 12.6. The van der Waals surface area contributed by atoms with E-state index in [1.807, 2.05) is 0 Å². The largest absolute Gasteiger partial charge is 0.292 e. The van der Waals surface area contributed by atoms with Crippen molar-refractivity contribution in [3.63, 3.8) is 0 Å². The van der Waals surface area contributed by atoms with E-state index in [0.717, 1.165) is 0 Å². The van der Waals surface area contributed by atoms with Gasteiger partial charge in [0.2, 0.25) is 0 Å². The van der Waals surface area contributed by atoms with E-state index in [1.54, 1.807) is 42.5 Å². The Hall–Kier alpha value is -5.99. The Labute approximate surface area is 289 Å². The summed E-state index contributed by atoms with van der Waals surface area (Å²) in [5, 5.41) is -2.57. The molecule has 0 unspecified atom stereocenters. The molecule has 9 rings (SSSR count). The molecule has 45 heavy (non-hydrogen) atoms. The lowest BCUT2D eigenvalue weighted by atomic mass is 9.85. The molecule has 9 aromatic rings. The zero-order valence-corrected chi connectivity index (χ0v) is 23.0. The molecule has 0 aliphatic carbocycles. The third kappa shape index (κ3) is 4.07. The van der Waals surface area contributed by atoms with E-state index in [4.69, 9.17) is 24.2 Å². The van der Waals surface area contributed by atoms with Gasteiger partial charge in [-0.05, 0) is 73.2 Å². The van der Waals surface area contributed by atoms with Crippen molar-refractivity contribution in [2.24, 2.45) is 0 Å². The summed E-state index contributed by atoms with van der Waals surface area (Å²) >= 11 is 0. The second kappa shape index (κ2) is 10.3. The SMILES string of the molecule is [2H]c1c([2H])c([2H])c(-c2nc3ccccc3n2-c2ccccc2-c2c3c([2H])c([2H])c([2H])c([2H])c3c(-c3c([2H])c([2H])c4c([2H])c([2H])c([2H])c([2H])c4c3[2H])c3c([2H])c([2H])c([2H])c([2H])c23)c([2H])c1[2H]. The van der Waals surface area contributed by atoms with Crippen LogP contribution in [0, 0.1) is 0 Å². The molecule has 2 nitrogen and oxygen atoms in total. The molecule has 0 saturated heterocycles. The molecule has 0 aliphatic rings. The Morgan fingerprint density at radius 2 is 1.09 bits per heavy atom. The summed E-state index contributed by atoms with van der Waals surface area (Å²) in [4.78, 5) is 4.74. The van der Waals surface area contributed by atoms with Gasteiger partial charge in [-0.1, -0.05) is 145 Å². The van der Waals surface area contributed by atoms with Gasteiger partial charge < -0.3 is 0 Å². The van der Waals surface area contributed by atoms with Crippen molar-refractivity contribution in [3.8, 4) is 39.3 Å². The van der Waals surface area contributed by atoms with Crippen molar-refractivity contribution in [2.45, 2.75) is 0 Å². The van der Waals surface area contributed by atoms with Crippen LogP contribution in [0.2, 0.25) is 0 Å². The molecule has 0 aliphatic heterocycles. The van der Waals surface area contributed by atoms with Gasteiger partial charge in [-0.3, -0.25) is 4.57 Å². The quantitative estimate of drug-likeness (QED) is 0.186. The Kier molecular flexibility index (Phi) is 2.88. The average molecular weight is 593 g/mol. The van der Waals surface area contributed by atoms with E-state index in [9.17, 15) is 8.22 Å². The normalized spacial score (nSPS) is 17.8. The standard InChI is InChI=1S/C43H28N2/c1-2-15-30(16-3-1)43-44-38-23-11-13-25-40(38)45(43)39-24-12-10-22-37(39)42-35-20-8-6-18-33(35)41(34-19-7-9-21-36(34)42)32-27-26-29-14-4-5-17-31(29)28-32/h1-28H/i1D,2D,3D,4D,5D,6D,7D,8D,9D,14D,15D,16D,17D,18D,19D,20D,21D,26D,27D,28D. The van der Waals surface area contributed by atoms with E-state index in [2.05, 4.69) is 0 Å². The van der Waals surface area contributed by atoms with Gasteiger partial charge in [0, 0.05) is 11.1 Å². The second-order valence-electron chi connectivity index (χ2n) is 10.0. The molecule has 0 amide bonds. The van der Waals surface area contributed by atoms with E-state index in [1.165, 1.54) is 10.6 Å². The molecule has 2 heteroatoms. The third-order valence-electron chi connectivity index (χ3n) is 7.57. The van der Waals surface area contributed by atoms with Crippen LogP contribution < -0.4 is 0 Å². The summed E-state index contributed by atoms with van der Waals surface area (Å²) in [6, 6.07) is -1.71. The topological polar surface area (TPSA) is 17.8 Å². The second-order valence-corrected chi connectivity index (χ2v) is 10.0. The van der Waals surface area contributed by atoms with Gasteiger partial charge >= 0.3 is 0 Å². The fourth-order valence-corrected chi connectivity index (χ4v) is 5.73. The predicted molar refractivity (Wildman–Crippen MR) is 190 cm³/mol. The number of hydrogen-bond donors (Lipinski definition) is 0. The summed E-state index contributed by atoms with van der Waals surface area (Å²) in [5.41, 5.74) is -0.737. The van der Waals surface area contributed by atoms with Crippen LogP contribution in [0.5, 0.6) is 0 Å². The van der Waals surface area contributed by atoms with Crippen LogP contribution in [-0.4, -0.2) is 9.55 Å². The smallest absolute Gasteiger partial charge is 0.145 e. The van der Waals surface area contributed by atoms with Crippen LogP contribution >= 0.6 is 0 Å². The molecule has 0 fully saturated rings. The maximum atomic E-state index is 9.50. The summed E-state index contributed by atoms with van der Waals surface area (Å²) in [6.07, 6.45) is 0. The Balaban J connectivity index is 1.57. The number of aromatic nitrogens is 2. The zero-order chi connectivity index (χ0) is 47.1. The van der Waals surface area contributed by atoms with E-state index in [-0.39, 0.29) is 39.0 Å². The van der Waals surface area contributed by atoms with Crippen molar-refractivity contribution in [3.05, 3.63) is 169 Å². The number of fused-ring (bicyclic) bond motifs is 4. The average Bonchev–Trinajstić information content (AvgIpc) is 3.67. The highest BCUT2D eigenvalue weighted by atomic mass is 15.1. The van der Waals surface area contributed by atoms with Crippen molar-refractivity contribution in [1.82, 2.24) is 9.55 Å². The minimum Gasteiger partial charge on any atom is -0.292 e. The van der Waals surface area contributed by atoms with Crippen molar-refractivity contribution in [1.29, 1.82) is 0 Å². The lowest BCUT2D eigenvalue weighted by molar-refractivity contribution is 1.10. The summed E-state index contributed by atoms with van der Waals surface area (Å²) in [5.74, 6) is -0.133. The van der Waals surface area contributed by atoms with Gasteiger partial charge in [-0.15, -0.1) is 0 Å². The first-order valence-electron chi connectivity index (χ1n) is 23.8. The molecular formula is C43H28N2. The molecule has 1 aromatic heterocycles. The molecule has 0 saturated carbocycles. The third-order valence-corrected chi connectivity index (χ3v) is 7.57. The molecule has 8 aromatic carbocycles. The predicted octanol–water partition coefficient (Wildman–Crippen LogP) is 11.5. The van der Waals surface area contributed by atoms with Gasteiger partial charge in [0.05, 0.1) is 44.1 Å². The van der Waals surface area contributed by atoms with Crippen LogP contribution in [0.4, 0.5) is 0 Å². The van der Waals surface area contributed by atoms with E-state index in [0.29, 0.717) is 11.0 Å². The lowest BCUT2D eigenvalue weighted by Crippen LogP contribution is -2.01. The summed E-state index contributed by atoms with van der Waals surface area (Å²) in [6.45, 7) is 0. The van der Waals surface area contributed by atoms with Crippen LogP contribution in [0.15, 0.2) is 169 Å². The van der Waals surface area contributed by atoms with Crippen LogP contribution in [0.3, 0.4) is 0 Å². The Bertz CT molecular complexity index is 3560. The molecule has 0 radical (unpaired) electrons. The van der Waals surface area contributed by atoms with Crippen LogP contribution in [-0.2, 0) is 0 Å². The summed E-state index contributed by atoms with van der Waals surface area (Å²) < 4.78 is 180. The summed E-state index contributed by atoms with van der Waals surface area (Å²) in [7, 11) is 0. The van der Waals surface area contributed by atoms with E-state index < -0.39 is 154 Å². The molecule has 0 bridgehead atoms. The lowest BCUT2D eigenvalue weighted by Gasteiger charge is -2.21. The Morgan fingerprint density at radius 3 is 1.84 bits per heavy atom. The van der Waals surface area contributed by atoms with Gasteiger partial charge in [0.25, 0.3) is 0 Å². The molecule has 0 atom stereocenters. The van der Waals surface area contributed by atoms with Crippen molar-refractivity contribution >= 4 is 43.4 Å². The van der Waals surface area contributed by atoms with E-state index >= 15 is 0 Å². The maximum Gasteiger partial charge on any atom is 0.145 e. The van der Waals surface area contributed by atoms with Crippen molar-refractivity contribution < 1.29 is 27.4 Å². The highest BCUT2D eigenvalue weighted by molar-refractivity contribution is 6.22. The first-order chi connectivity index (χ1) is 30.7. The number of benzene rings is 8. The highest BCUT2D eigenvalue weighted by Crippen LogP contribution is 2.46. The molecule has 210 valence electrons. The monoisotopic (exact) mass is 592 g/mol. The van der Waals surface area contributed by atoms with Crippen LogP contribution in [0.1, 0.15) is 27.4 Å². The maximum absolute atomic E-state index is 9.50. The van der Waals surface area contributed by atoms with Gasteiger partial charge in [-0.25, -0.2) is 4.98 Å². The minimum atomic E-state index is -0.823. The molecule has 0 N–H and O–H groups in total. The fraction of sp³-hybridized carbons (Fsp3) is 0. The fourth-order valence-electron chi connectivity index (χ4n) is 5.73. The molecule has 0 spiro atoms. The minimum absolute atomic E-state index is 0.0480. The first-order valence-corrected chi connectivity index (χ1v) is 13.8. The number of hydrogen-bond acceptors (Lipinski definition) is 1. The number of nitrogens with zero attached hydrogens (tertiary/aromatic N) is 2. The number of rotatable bonds is 4. The number of imidazole rings is 1. The van der Waals surface area contributed by atoms with Gasteiger partial charge in [0.1, 0.15) is 5.82 Å². The van der Waals surface area contributed by atoms with Gasteiger partial charge in [0.15, 0.2) is 0 Å². The molecule has 1 heterocycles. The Morgan fingerprint density at radius 1 is 0.489 bits per heavy atom. The van der Waals surface area contributed by atoms with Crippen LogP contribution in [0.25, 0.3) is 82.7 Å². The zero-order valence-electron chi connectivity index (χ0n) is 43.0. The number of para-hydroxylation sites is 3. The molecular weight excluding hydrogens is 544 g/mol. The van der Waals surface area contributed by atoms with Crippen molar-refractivity contribution in [2.75, 3.05) is 0 Å². The van der Waals surface area contributed by atoms with Gasteiger partial charge in [-0.2, -0.15) is 0 Å². The highest BCUT2D eigenvalue weighted by Gasteiger charge is 2.21.